The quantitative estimate of drug-likeness (QED) is 0.524. The van der Waals surface area contributed by atoms with E-state index in [0.717, 1.165) is 17.0 Å². The van der Waals surface area contributed by atoms with E-state index in [1.54, 1.807) is 13.1 Å². The molecule has 11 heteroatoms. The van der Waals surface area contributed by atoms with E-state index in [9.17, 15) is 26.3 Å². The Morgan fingerprint density at radius 1 is 1.04 bits per heavy atom. The molecule has 1 aromatic heterocycles. The van der Waals surface area contributed by atoms with Crippen molar-refractivity contribution in [2.24, 2.45) is 0 Å². The number of aromatic nitrogens is 2. The normalized spacial score (nSPS) is 11.8. The third kappa shape index (κ3) is 5.73. The molecule has 2 aromatic rings. The maximum atomic E-state index is 13.1. The molecule has 0 bridgehead atoms. The topological polar surface area (TPSA) is 36.6 Å². The Kier molecular flexibility index (Phi) is 6.33. The number of hydrogen-bond acceptors (Lipinski definition) is 4. The number of hydrogen-bond donors (Lipinski definition) is 0. The molecule has 0 saturated carbocycles. The third-order valence-corrected chi connectivity index (χ3v) is 3.74. The van der Waals surface area contributed by atoms with Crippen molar-refractivity contribution >= 4 is 17.3 Å². The van der Waals surface area contributed by atoms with Crippen LogP contribution in [0.5, 0.6) is 0 Å². The summed E-state index contributed by atoms with van der Waals surface area (Å²) in [5.74, 6) is 0.272. The van der Waals surface area contributed by atoms with Crippen LogP contribution in [0.3, 0.4) is 0 Å². The highest BCUT2D eigenvalue weighted by molar-refractivity contribution is 5.62. The Morgan fingerprint density at radius 2 is 1.68 bits per heavy atom. The zero-order valence-corrected chi connectivity index (χ0v) is 14.6. The Hall–Kier alpha value is -3.03. The first-order valence-electron chi connectivity index (χ1n) is 7.90. The van der Waals surface area contributed by atoms with Gasteiger partial charge >= 0.3 is 12.4 Å². The molecule has 0 N–H and O–H groups in total. The molecule has 28 heavy (non-hydrogen) atoms. The standard InChI is InChI=1S/C17H15F6N5/c1-24-14-5-4-12(10-13(14)17(21,22)23)28(11-16(18,19)20)9-8-27(2)15-25-6-3-7-26-15/h3-7,10H,8-9,11H2,2H3. The van der Waals surface area contributed by atoms with Crippen molar-refractivity contribution in [3.05, 3.63) is 53.6 Å². The van der Waals surface area contributed by atoms with Gasteiger partial charge in [0, 0.05) is 38.2 Å². The number of alkyl halides is 6. The van der Waals surface area contributed by atoms with Crippen molar-refractivity contribution in [1.82, 2.24) is 9.97 Å². The molecule has 0 atom stereocenters. The lowest BCUT2D eigenvalue weighted by Crippen LogP contribution is -2.39. The van der Waals surface area contributed by atoms with Crippen LogP contribution in [0.1, 0.15) is 5.56 Å². The molecule has 0 spiro atoms. The molecule has 0 aliphatic heterocycles. The van der Waals surface area contributed by atoms with Gasteiger partial charge in [0.1, 0.15) is 6.54 Å². The van der Waals surface area contributed by atoms with Gasteiger partial charge in [0.15, 0.2) is 5.69 Å². The molecule has 0 radical (unpaired) electrons. The minimum absolute atomic E-state index is 0.0337. The number of halogens is 6. The first-order valence-corrected chi connectivity index (χ1v) is 7.90. The van der Waals surface area contributed by atoms with E-state index in [4.69, 9.17) is 6.57 Å². The van der Waals surface area contributed by atoms with E-state index in [0.29, 0.717) is 6.07 Å². The predicted molar refractivity (Wildman–Crippen MR) is 91.3 cm³/mol. The third-order valence-electron chi connectivity index (χ3n) is 3.74. The molecule has 150 valence electrons. The fourth-order valence-electron chi connectivity index (χ4n) is 2.42. The molecular weight excluding hydrogens is 388 g/mol. The van der Waals surface area contributed by atoms with Crippen LogP contribution in [-0.2, 0) is 6.18 Å². The first-order chi connectivity index (χ1) is 13.0. The highest BCUT2D eigenvalue weighted by atomic mass is 19.4. The molecule has 0 unspecified atom stereocenters. The summed E-state index contributed by atoms with van der Waals surface area (Å²) in [5.41, 5.74) is -2.22. The second-order valence-electron chi connectivity index (χ2n) is 5.82. The molecular formula is C17H15F6N5. The molecule has 0 aliphatic rings. The molecule has 5 nitrogen and oxygen atoms in total. The van der Waals surface area contributed by atoms with E-state index in [1.807, 2.05) is 0 Å². The number of anilines is 2. The van der Waals surface area contributed by atoms with Crippen molar-refractivity contribution < 1.29 is 26.3 Å². The molecule has 0 saturated heterocycles. The minimum atomic E-state index is -4.85. The van der Waals surface area contributed by atoms with Crippen LogP contribution in [0.2, 0.25) is 0 Å². The SMILES string of the molecule is [C-]#[N+]c1ccc(N(CCN(C)c2ncccn2)CC(F)(F)F)cc1C(F)(F)F. The first kappa shape index (κ1) is 21.3. The van der Waals surface area contributed by atoms with E-state index in [1.165, 1.54) is 17.3 Å². The van der Waals surface area contributed by atoms with Crippen LogP contribution >= 0.6 is 0 Å². The number of rotatable bonds is 6. The smallest absolute Gasteiger partial charge is 0.361 e. The highest BCUT2D eigenvalue weighted by Gasteiger charge is 2.35. The lowest BCUT2D eigenvalue weighted by Gasteiger charge is -2.29. The molecule has 2 rings (SSSR count). The van der Waals surface area contributed by atoms with Crippen molar-refractivity contribution in [1.29, 1.82) is 0 Å². The summed E-state index contributed by atoms with van der Waals surface area (Å²) in [6, 6.07) is 4.09. The van der Waals surface area contributed by atoms with Crippen LogP contribution in [0, 0.1) is 6.57 Å². The van der Waals surface area contributed by atoms with E-state index in [2.05, 4.69) is 14.8 Å². The van der Waals surface area contributed by atoms with Crippen molar-refractivity contribution in [3.63, 3.8) is 0 Å². The molecule has 1 heterocycles. The van der Waals surface area contributed by atoms with Crippen molar-refractivity contribution in [2.45, 2.75) is 12.4 Å². The van der Waals surface area contributed by atoms with Crippen LogP contribution in [-0.4, -0.2) is 42.8 Å². The van der Waals surface area contributed by atoms with Gasteiger partial charge in [-0.15, -0.1) is 0 Å². The molecule has 0 fully saturated rings. The Bertz CT molecular complexity index is 829. The van der Waals surface area contributed by atoms with Gasteiger partial charge in [-0.3, -0.25) is 0 Å². The van der Waals surface area contributed by atoms with E-state index in [-0.39, 0.29) is 24.7 Å². The predicted octanol–water partition coefficient (Wildman–Crippen LogP) is 4.55. The molecule has 0 amide bonds. The molecule has 1 aromatic carbocycles. The Labute approximate surface area is 157 Å². The molecule has 0 aliphatic carbocycles. The second kappa shape index (κ2) is 8.33. The Morgan fingerprint density at radius 3 is 2.21 bits per heavy atom. The van der Waals surface area contributed by atoms with Gasteiger partial charge in [-0.1, -0.05) is 6.07 Å². The van der Waals surface area contributed by atoms with Crippen molar-refractivity contribution in [2.75, 3.05) is 36.5 Å². The average Bonchev–Trinajstić information content (AvgIpc) is 2.63. The van der Waals surface area contributed by atoms with Crippen molar-refractivity contribution in [3.8, 4) is 0 Å². The summed E-state index contributed by atoms with van der Waals surface area (Å²) in [4.78, 5) is 13.0. The summed E-state index contributed by atoms with van der Waals surface area (Å²) >= 11 is 0. The van der Waals surface area contributed by atoms with Gasteiger partial charge in [-0.05, 0) is 18.2 Å². The summed E-state index contributed by atoms with van der Waals surface area (Å²) in [5, 5.41) is 0. The van der Waals surface area contributed by atoms with Gasteiger partial charge in [0.05, 0.1) is 12.1 Å². The van der Waals surface area contributed by atoms with Crippen LogP contribution < -0.4 is 9.80 Å². The van der Waals surface area contributed by atoms with Gasteiger partial charge in [0.2, 0.25) is 5.95 Å². The summed E-state index contributed by atoms with van der Waals surface area (Å²) < 4.78 is 78.3. The lowest BCUT2D eigenvalue weighted by atomic mass is 10.1. The summed E-state index contributed by atoms with van der Waals surface area (Å²) in [6.07, 6.45) is -6.55. The van der Waals surface area contributed by atoms with Crippen LogP contribution in [0.15, 0.2) is 36.7 Å². The zero-order valence-electron chi connectivity index (χ0n) is 14.6. The van der Waals surface area contributed by atoms with Crippen LogP contribution in [0.25, 0.3) is 4.85 Å². The van der Waals surface area contributed by atoms with Gasteiger partial charge in [-0.2, -0.15) is 26.3 Å². The summed E-state index contributed by atoms with van der Waals surface area (Å²) in [6.45, 7) is 5.19. The fraction of sp³-hybridized carbons (Fsp3) is 0.353. The number of nitrogens with zero attached hydrogens (tertiary/aromatic N) is 5. The van der Waals surface area contributed by atoms with E-state index >= 15 is 0 Å². The minimum Gasteiger partial charge on any atom is -0.361 e. The highest BCUT2D eigenvalue weighted by Crippen LogP contribution is 2.39. The van der Waals surface area contributed by atoms with Gasteiger partial charge < -0.3 is 9.80 Å². The average molecular weight is 403 g/mol. The van der Waals surface area contributed by atoms with E-state index < -0.39 is 30.1 Å². The Balaban J connectivity index is 2.29. The van der Waals surface area contributed by atoms with Gasteiger partial charge in [-0.25, -0.2) is 14.8 Å². The zero-order chi connectivity index (χ0) is 20.9. The maximum Gasteiger partial charge on any atom is 0.407 e. The largest absolute Gasteiger partial charge is 0.407 e. The lowest BCUT2D eigenvalue weighted by molar-refractivity contribution is -0.136. The number of benzene rings is 1. The van der Waals surface area contributed by atoms with Crippen LogP contribution in [0.4, 0.5) is 43.7 Å². The van der Waals surface area contributed by atoms with Gasteiger partial charge in [0.25, 0.3) is 0 Å². The monoisotopic (exact) mass is 403 g/mol. The number of likely N-dealkylation sites (N-methyl/N-ethyl adjacent to an activating group) is 1. The fourth-order valence-corrected chi connectivity index (χ4v) is 2.42. The summed E-state index contributed by atoms with van der Waals surface area (Å²) in [7, 11) is 1.56. The maximum absolute atomic E-state index is 13.1. The second-order valence-corrected chi connectivity index (χ2v) is 5.82.